The van der Waals surface area contributed by atoms with E-state index in [1.807, 2.05) is 24.3 Å². The van der Waals surface area contributed by atoms with Crippen LogP contribution in [0.4, 0.5) is 11.4 Å². The van der Waals surface area contributed by atoms with Gasteiger partial charge < -0.3 is 10.1 Å². The van der Waals surface area contributed by atoms with Crippen molar-refractivity contribution in [3.05, 3.63) is 59.7 Å². The maximum Gasteiger partial charge on any atom is 0.255 e. The Morgan fingerprint density at radius 3 is 2.60 bits per heavy atom. The molecule has 1 aliphatic heterocycles. The molecule has 6 nitrogen and oxygen atoms in total. The Morgan fingerprint density at radius 1 is 1.20 bits per heavy atom. The zero-order valence-electron chi connectivity index (χ0n) is 13.9. The maximum atomic E-state index is 12.4. The molecule has 7 heteroatoms. The van der Waals surface area contributed by atoms with Gasteiger partial charge in [0.25, 0.3) is 5.91 Å². The zero-order chi connectivity index (χ0) is 17.9. The van der Waals surface area contributed by atoms with E-state index in [0.29, 0.717) is 36.5 Å². The summed E-state index contributed by atoms with van der Waals surface area (Å²) in [4.78, 5) is 12.4. The normalized spacial score (nSPS) is 16.0. The number of nitrogens with zero attached hydrogens (tertiary/aromatic N) is 1. The average Bonchev–Trinajstić information content (AvgIpc) is 2.95. The van der Waals surface area contributed by atoms with Crippen molar-refractivity contribution in [3.63, 3.8) is 0 Å². The third kappa shape index (κ3) is 4.00. The van der Waals surface area contributed by atoms with Gasteiger partial charge in [-0.1, -0.05) is 12.1 Å². The Bertz CT molecular complexity index is 863. The highest BCUT2D eigenvalue weighted by Gasteiger charge is 2.28. The van der Waals surface area contributed by atoms with Crippen LogP contribution in [0.15, 0.2) is 48.5 Å². The molecule has 0 unspecified atom stereocenters. The van der Waals surface area contributed by atoms with E-state index in [4.69, 9.17) is 4.74 Å². The number of carbonyl (C=O) groups is 1. The minimum Gasteiger partial charge on any atom is -0.380 e. The van der Waals surface area contributed by atoms with Crippen LogP contribution in [-0.4, -0.2) is 33.7 Å². The lowest BCUT2D eigenvalue weighted by Crippen LogP contribution is -2.25. The van der Waals surface area contributed by atoms with E-state index >= 15 is 0 Å². The number of hydrogen-bond acceptors (Lipinski definition) is 4. The van der Waals surface area contributed by atoms with Crippen LogP contribution in [0.25, 0.3) is 0 Å². The monoisotopic (exact) mass is 360 g/mol. The Hall–Kier alpha value is -2.38. The number of hydrogen-bond donors (Lipinski definition) is 1. The number of benzene rings is 2. The van der Waals surface area contributed by atoms with E-state index in [-0.39, 0.29) is 11.7 Å². The fourth-order valence-corrected chi connectivity index (χ4v) is 4.38. The third-order valence-electron chi connectivity index (χ3n) is 4.01. The van der Waals surface area contributed by atoms with Crippen molar-refractivity contribution in [2.75, 3.05) is 29.0 Å². The van der Waals surface area contributed by atoms with Crippen molar-refractivity contribution < 1.29 is 17.9 Å². The van der Waals surface area contributed by atoms with Crippen LogP contribution in [0.3, 0.4) is 0 Å². The highest BCUT2D eigenvalue weighted by atomic mass is 32.2. The largest absolute Gasteiger partial charge is 0.380 e. The molecular weight excluding hydrogens is 340 g/mol. The second-order valence-electron chi connectivity index (χ2n) is 5.88. The number of carbonyl (C=O) groups excluding carboxylic acids is 1. The fourth-order valence-electron chi connectivity index (χ4n) is 2.82. The highest BCUT2D eigenvalue weighted by molar-refractivity contribution is 7.93. The van der Waals surface area contributed by atoms with Crippen molar-refractivity contribution in [2.45, 2.75) is 13.0 Å². The van der Waals surface area contributed by atoms with Gasteiger partial charge in [-0.25, -0.2) is 8.42 Å². The van der Waals surface area contributed by atoms with Gasteiger partial charge in [0.05, 0.1) is 18.0 Å². The van der Waals surface area contributed by atoms with E-state index in [9.17, 15) is 13.2 Å². The van der Waals surface area contributed by atoms with E-state index in [1.54, 1.807) is 31.4 Å². The van der Waals surface area contributed by atoms with Gasteiger partial charge in [0.2, 0.25) is 10.0 Å². The molecule has 0 aliphatic carbocycles. The lowest BCUT2D eigenvalue weighted by atomic mass is 10.1. The predicted octanol–water partition coefficient (Wildman–Crippen LogP) is 2.63. The second-order valence-corrected chi connectivity index (χ2v) is 7.89. The number of amides is 1. The molecule has 0 atom stereocenters. The summed E-state index contributed by atoms with van der Waals surface area (Å²) in [5, 5.41) is 2.84. The first-order valence-corrected chi connectivity index (χ1v) is 9.60. The molecule has 1 N–H and O–H groups in total. The number of rotatable bonds is 5. The van der Waals surface area contributed by atoms with E-state index in [0.717, 1.165) is 5.56 Å². The average molecular weight is 360 g/mol. The van der Waals surface area contributed by atoms with Crippen LogP contribution in [0.5, 0.6) is 0 Å². The quantitative estimate of drug-likeness (QED) is 0.889. The highest BCUT2D eigenvalue weighted by Crippen LogP contribution is 2.24. The zero-order valence-corrected chi connectivity index (χ0v) is 14.8. The van der Waals surface area contributed by atoms with Gasteiger partial charge in [-0.05, 0) is 48.4 Å². The summed E-state index contributed by atoms with van der Waals surface area (Å²) in [7, 11) is -1.59. The number of sulfonamides is 1. The minimum atomic E-state index is -3.21. The van der Waals surface area contributed by atoms with E-state index < -0.39 is 10.0 Å². The van der Waals surface area contributed by atoms with Gasteiger partial charge in [0.1, 0.15) is 0 Å². The second kappa shape index (κ2) is 7.25. The topological polar surface area (TPSA) is 75.7 Å². The first-order valence-electron chi connectivity index (χ1n) is 7.99. The van der Waals surface area contributed by atoms with E-state index in [2.05, 4.69) is 5.32 Å². The molecule has 132 valence electrons. The number of anilines is 2. The fraction of sp³-hybridized carbons (Fsp3) is 0.278. The Labute approximate surface area is 147 Å². The summed E-state index contributed by atoms with van der Waals surface area (Å²) < 4.78 is 30.4. The van der Waals surface area contributed by atoms with Crippen molar-refractivity contribution in [2.24, 2.45) is 0 Å². The third-order valence-corrected chi connectivity index (χ3v) is 5.88. The lowest BCUT2D eigenvalue weighted by Gasteiger charge is -2.17. The van der Waals surface area contributed by atoms with Crippen LogP contribution in [0.2, 0.25) is 0 Å². The van der Waals surface area contributed by atoms with E-state index in [1.165, 1.54) is 4.31 Å². The first kappa shape index (κ1) is 17.4. The first-order chi connectivity index (χ1) is 12.0. The lowest BCUT2D eigenvalue weighted by molar-refractivity contribution is 0.102. The van der Waals surface area contributed by atoms with Gasteiger partial charge >= 0.3 is 0 Å². The molecular formula is C18H20N2O4S. The summed E-state index contributed by atoms with van der Waals surface area (Å²) in [6.07, 6.45) is 0.627. The summed E-state index contributed by atoms with van der Waals surface area (Å²) in [5.74, 6) is -0.0713. The molecule has 0 radical (unpaired) electrons. The molecule has 1 fully saturated rings. The molecule has 0 spiro atoms. The molecule has 0 saturated carbocycles. The van der Waals surface area contributed by atoms with Gasteiger partial charge in [0.15, 0.2) is 0 Å². The van der Waals surface area contributed by atoms with Gasteiger partial charge in [0, 0.05) is 24.9 Å². The maximum absolute atomic E-state index is 12.4. The Kier molecular flexibility index (Phi) is 5.06. The number of nitrogens with one attached hydrogen (secondary N) is 1. The molecule has 1 amide bonds. The molecule has 2 aromatic rings. The van der Waals surface area contributed by atoms with Gasteiger partial charge in [-0.2, -0.15) is 0 Å². The predicted molar refractivity (Wildman–Crippen MR) is 97.3 cm³/mol. The number of methoxy groups -OCH3 is 1. The summed E-state index contributed by atoms with van der Waals surface area (Å²) in [5.41, 5.74) is 2.72. The van der Waals surface area contributed by atoms with Gasteiger partial charge in [-0.3, -0.25) is 9.10 Å². The minimum absolute atomic E-state index is 0.174. The summed E-state index contributed by atoms with van der Waals surface area (Å²) >= 11 is 0. The van der Waals surface area contributed by atoms with Crippen molar-refractivity contribution in [3.8, 4) is 0 Å². The Morgan fingerprint density at radius 2 is 1.96 bits per heavy atom. The van der Waals surface area contributed by atoms with Gasteiger partial charge in [-0.15, -0.1) is 0 Å². The molecule has 3 rings (SSSR count). The molecule has 0 bridgehead atoms. The molecule has 1 heterocycles. The summed E-state index contributed by atoms with van der Waals surface area (Å²) in [6.45, 7) is 0.961. The summed E-state index contributed by atoms with van der Waals surface area (Å²) in [6, 6.07) is 14.0. The SMILES string of the molecule is COCc1cccc(NC(=O)c2ccc(N3CCCS3(=O)=O)cc2)c1. The van der Waals surface area contributed by atoms with Crippen molar-refractivity contribution in [1.82, 2.24) is 0 Å². The van der Waals surface area contributed by atoms with Crippen LogP contribution in [-0.2, 0) is 21.4 Å². The standard InChI is InChI=1S/C18H20N2O4S/c1-24-13-14-4-2-5-16(12-14)19-18(21)15-6-8-17(9-7-15)20-10-3-11-25(20,22)23/h2,4-9,12H,3,10-11,13H2,1H3,(H,19,21). The van der Waals surface area contributed by atoms with Crippen LogP contribution < -0.4 is 9.62 Å². The molecule has 1 aliphatic rings. The van der Waals surface area contributed by atoms with Crippen LogP contribution >= 0.6 is 0 Å². The molecule has 25 heavy (non-hydrogen) atoms. The number of ether oxygens (including phenoxy) is 1. The molecule has 1 saturated heterocycles. The van der Waals surface area contributed by atoms with Crippen LogP contribution in [0.1, 0.15) is 22.3 Å². The Balaban J connectivity index is 1.72. The van der Waals surface area contributed by atoms with Crippen molar-refractivity contribution >= 4 is 27.3 Å². The van der Waals surface area contributed by atoms with Crippen LogP contribution in [0, 0.1) is 0 Å². The van der Waals surface area contributed by atoms with Crippen molar-refractivity contribution in [1.29, 1.82) is 0 Å². The molecule has 0 aromatic heterocycles. The molecule has 2 aromatic carbocycles. The smallest absolute Gasteiger partial charge is 0.255 e.